The molecule has 2 rings (SSSR count). The van der Waals surface area contributed by atoms with Crippen LogP contribution in [0, 0.1) is 5.82 Å². The maximum absolute atomic E-state index is 13.1. The second kappa shape index (κ2) is 6.50. The quantitative estimate of drug-likeness (QED) is 0.838. The van der Waals surface area contributed by atoms with Crippen molar-refractivity contribution in [3.05, 3.63) is 64.9 Å². The molecule has 0 bridgehead atoms. The first-order chi connectivity index (χ1) is 9.13. The van der Waals surface area contributed by atoms with Crippen molar-refractivity contribution in [3.63, 3.8) is 0 Å². The Morgan fingerprint density at radius 1 is 1.16 bits per heavy atom. The fourth-order valence-electron chi connectivity index (χ4n) is 1.58. The fourth-order valence-corrected chi connectivity index (χ4v) is 1.99. The van der Waals surface area contributed by atoms with Crippen LogP contribution in [-0.2, 0) is 6.54 Å². The van der Waals surface area contributed by atoms with Gasteiger partial charge in [0.2, 0.25) is 0 Å². The standard InChI is InChI=1S/C14H12ClFN2S/c15-11-6-12(16)8-13(7-11)18-14(19)17-9-10-4-2-1-3-5-10/h1-8H,9H2,(H2,17,18,19). The number of hydrogen-bond acceptors (Lipinski definition) is 1. The predicted octanol–water partition coefficient (Wildman–Crippen LogP) is 3.97. The van der Waals surface area contributed by atoms with E-state index in [1.807, 2.05) is 30.3 Å². The minimum Gasteiger partial charge on any atom is -0.358 e. The molecule has 0 saturated heterocycles. The van der Waals surface area contributed by atoms with E-state index in [1.165, 1.54) is 12.1 Å². The Bertz CT molecular complexity index is 555. The molecular weight excluding hydrogens is 283 g/mol. The van der Waals surface area contributed by atoms with Crippen LogP contribution in [0.15, 0.2) is 48.5 Å². The van der Waals surface area contributed by atoms with E-state index in [2.05, 4.69) is 10.6 Å². The summed E-state index contributed by atoms with van der Waals surface area (Å²) in [5.74, 6) is -0.402. The molecule has 0 aromatic heterocycles. The summed E-state index contributed by atoms with van der Waals surface area (Å²) in [5.41, 5.74) is 1.64. The molecule has 0 heterocycles. The van der Waals surface area contributed by atoms with Crippen LogP contribution >= 0.6 is 23.8 Å². The van der Waals surface area contributed by atoms with Crippen LogP contribution in [0.5, 0.6) is 0 Å². The topological polar surface area (TPSA) is 24.1 Å². The zero-order valence-electron chi connectivity index (χ0n) is 9.99. The van der Waals surface area contributed by atoms with E-state index >= 15 is 0 Å². The number of benzene rings is 2. The van der Waals surface area contributed by atoms with Gasteiger partial charge in [-0.1, -0.05) is 41.9 Å². The first-order valence-corrected chi connectivity index (χ1v) is 6.47. The number of nitrogens with one attached hydrogen (secondary N) is 2. The lowest BCUT2D eigenvalue weighted by molar-refractivity contribution is 0.628. The van der Waals surface area contributed by atoms with E-state index in [0.717, 1.165) is 5.56 Å². The highest BCUT2D eigenvalue weighted by atomic mass is 35.5. The highest BCUT2D eigenvalue weighted by Crippen LogP contribution is 2.17. The van der Waals surface area contributed by atoms with E-state index in [9.17, 15) is 4.39 Å². The van der Waals surface area contributed by atoms with E-state index < -0.39 is 5.82 Å². The first kappa shape index (κ1) is 13.8. The number of thiocarbonyl (C=S) groups is 1. The van der Waals surface area contributed by atoms with Crippen molar-refractivity contribution in [1.29, 1.82) is 0 Å². The van der Waals surface area contributed by atoms with Gasteiger partial charge < -0.3 is 10.6 Å². The lowest BCUT2D eigenvalue weighted by atomic mass is 10.2. The van der Waals surface area contributed by atoms with Crippen molar-refractivity contribution in [2.45, 2.75) is 6.54 Å². The van der Waals surface area contributed by atoms with Gasteiger partial charge in [-0.05, 0) is 36.0 Å². The smallest absolute Gasteiger partial charge is 0.171 e. The Morgan fingerprint density at radius 3 is 2.58 bits per heavy atom. The van der Waals surface area contributed by atoms with Gasteiger partial charge in [0, 0.05) is 17.3 Å². The van der Waals surface area contributed by atoms with Crippen molar-refractivity contribution in [1.82, 2.24) is 5.32 Å². The van der Waals surface area contributed by atoms with Gasteiger partial charge in [0.15, 0.2) is 5.11 Å². The van der Waals surface area contributed by atoms with Crippen molar-refractivity contribution >= 4 is 34.6 Å². The second-order valence-electron chi connectivity index (χ2n) is 3.95. The first-order valence-electron chi connectivity index (χ1n) is 5.68. The maximum Gasteiger partial charge on any atom is 0.171 e. The molecule has 0 amide bonds. The van der Waals surface area contributed by atoms with Crippen molar-refractivity contribution in [2.75, 3.05) is 5.32 Å². The van der Waals surface area contributed by atoms with Gasteiger partial charge in [-0.3, -0.25) is 0 Å². The predicted molar refractivity (Wildman–Crippen MR) is 80.9 cm³/mol. The van der Waals surface area contributed by atoms with Gasteiger partial charge in [-0.25, -0.2) is 4.39 Å². The molecule has 0 aliphatic carbocycles. The molecule has 0 saturated carbocycles. The average molecular weight is 295 g/mol. The zero-order chi connectivity index (χ0) is 13.7. The molecule has 0 aliphatic rings. The van der Waals surface area contributed by atoms with Crippen LogP contribution in [0.3, 0.4) is 0 Å². The molecule has 2 nitrogen and oxygen atoms in total. The molecule has 0 radical (unpaired) electrons. The number of rotatable bonds is 3. The third kappa shape index (κ3) is 4.50. The highest BCUT2D eigenvalue weighted by Gasteiger charge is 2.01. The maximum atomic E-state index is 13.1. The van der Waals surface area contributed by atoms with Crippen LogP contribution in [0.4, 0.5) is 10.1 Å². The second-order valence-corrected chi connectivity index (χ2v) is 4.80. The molecule has 2 aromatic rings. The van der Waals surface area contributed by atoms with Crippen LogP contribution in [-0.4, -0.2) is 5.11 Å². The van der Waals surface area contributed by atoms with E-state index in [-0.39, 0.29) is 0 Å². The summed E-state index contributed by atoms with van der Waals surface area (Å²) in [6, 6.07) is 14.1. The molecule has 0 spiro atoms. The summed E-state index contributed by atoms with van der Waals surface area (Å²) in [7, 11) is 0. The molecular formula is C14H12ClFN2S. The highest BCUT2D eigenvalue weighted by molar-refractivity contribution is 7.80. The normalized spacial score (nSPS) is 10.0. The van der Waals surface area contributed by atoms with E-state index in [4.69, 9.17) is 23.8 Å². The Kier molecular flexibility index (Phi) is 4.71. The average Bonchev–Trinajstić information content (AvgIpc) is 2.36. The molecule has 5 heteroatoms. The third-order valence-corrected chi connectivity index (χ3v) is 2.88. The molecule has 2 aromatic carbocycles. The van der Waals surface area contributed by atoms with Gasteiger partial charge in [-0.2, -0.15) is 0 Å². The third-order valence-electron chi connectivity index (χ3n) is 2.42. The Balaban J connectivity index is 1.91. The van der Waals surface area contributed by atoms with Gasteiger partial charge in [0.05, 0.1) is 0 Å². The van der Waals surface area contributed by atoms with E-state index in [0.29, 0.717) is 22.4 Å². The van der Waals surface area contributed by atoms with Crippen molar-refractivity contribution < 1.29 is 4.39 Å². The lowest BCUT2D eigenvalue weighted by Gasteiger charge is -2.11. The summed E-state index contributed by atoms with van der Waals surface area (Å²) >= 11 is 10.9. The summed E-state index contributed by atoms with van der Waals surface area (Å²) < 4.78 is 13.1. The SMILES string of the molecule is Fc1cc(Cl)cc(NC(=S)NCc2ccccc2)c1. The number of halogens is 2. The van der Waals surface area contributed by atoms with Crippen LogP contribution < -0.4 is 10.6 Å². The molecule has 0 fully saturated rings. The van der Waals surface area contributed by atoms with Crippen molar-refractivity contribution in [3.8, 4) is 0 Å². The van der Waals surface area contributed by atoms with Crippen molar-refractivity contribution in [2.24, 2.45) is 0 Å². The van der Waals surface area contributed by atoms with Crippen LogP contribution in [0.1, 0.15) is 5.56 Å². The van der Waals surface area contributed by atoms with Crippen LogP contribution in [0.25, 0.3) is 0 Å². The lowest BCUT2D eigenvalue weighted by Crippen LogP contribution is -2.27. The van der Waals surface area contributed by atoms with Gasteiger partial charge in [0.1, 0.15) is 5.82 Å². The van der Waals surface area contributed by atoms with E-state index in [1.54, 1.807) is 6.07 Å². The molecule has 98 valence electrons. The van der Waals surface area contributed by atoms with Gasteiger partial charge in [0.25, 0.3) is 0 Å². The number of anilines is 1. The summed E-state index contributed by atoms with van der Waals surface area (Å²) in [6.07, 6.45) is 0. The molecule has 0 aliphatic heterocycles. The molecule has 19 heavy (non-hydrogen) atoms. The molecule has 0 unspecified atom stereocenters. The summed E-state index contributed by atoms with van der Waals surface area (Å²) in [6.45, 7) is 0.607. The Hall–Kier alpha value is -1.65. The number of hydrogen-bond donors (Lipinski definition) is 2. The summed E-state index contributed by atoms with van der Waals surface area (Å²) in [4.78, 5) is 0. The minimum absolute atomic E-state index is 0.327. The Morgan fingerprint density at radius 2 is 1.89 bits per heavy atom. The fraction of sp³-hybridized carbons (Fsp3) is 0.0714. The van der Waals surface area contributed by atoms with Crippen LogP contribution in [0.2, 0.25) is 5.02 Å². The Labute approximate surface area is 121 Å². The largest absolute Gasteiger partial charge is 0.358 e. The molecule has 2 N–H and O–H groups in total. The van der Waals surface area contributed by atoms with Gasteiger partial charge >= 0.3 is 0 Å². The molecule has 0 atom stereocenters. The monoisotopic (exact) mass is 294 g/mol. The van der Waals surface area contributed by atoms with Gasteiger partial charge in [-0.15, -0.1) is 0 Å². The zero-order valence-corrected chi connectivity index (χ0v) is 11.6. The summed E-state index contributed by atoms with van der Waals surface area (Å²) in [5, 5.41) is 6.68. The minimum atomic E-state index is -0.402.